The van der Waals surface area contributed by atoms with Crippen molar-refractivity contribution < 1.29 is 4.79 Å². The molecular weight excluding hydrogens is 184 g/mol. The van der Waals surface area contributed by atoms with E-state index < -0.39 is 0 Å². The van der Waals surface area contributed by atoms with Crippen molar-refractivity contribution in [1.29, 1.82) is 0 Å². The maximum atomic E-state index is 11.1. The molecule has 0 atom stereocenters. The monoisotopic (exact) mass is 210 g/mol. The molecule has 0 spiro atoms. The number of unbranched alkanes of at least 4 members (excludes halogenated alkanes) is 4. The van der Waals surface area contributed by atoms with Crippen LogP contribution >= 0.6 is 0 Å². The smallest absolute Gasteiger partial charge is 0.133 e. The van der Waals surface area contributed by atoms with E-state index in [1.54, 1.807) is 6.92 Å². The second-order valence-corrected chi connectivity index (χ2v) is 4.34. The highest BCUT2D eigenvalue weighted by atomic mass is 16.1. The molecule has 1 heteroatoms. The van der Waals surface area contributed by atoms with E-state index in [1.165, 1.54) is 37.7 Å². The van der Waals surface area contributed by atoms with Crippen LogP contribution < -0.4 is 0 Å². The number of hydrogen-bond acceptors (Lipinski definition) is 1. The summed E-state index contributed by atoms with van der Waals surface area (Å²) in [6.45, 7) is 6.10. The summed E-state index contributed by atoms with van der Waals surface area (Å²) in [7, 11) is 0. The number of Topliss-reactive ketones (excluding diaryl/α,β-unsaturated/α-hetero) is 1. The molecule has 0 saturated heterocycles. The van der Waals surface area contributed by atoms with Crippen LogP contribution in [0.2, 0.25) is 0 Å². The number of allylic oxidation sites excluding steroid dienone is 2. The first kappa shape index (κ1) is 14.4. The third-order valence-electron chi connectivity index (χ3n) is 2.57. The van der Waals surface area contributed by atoms with Crippen molar-refractivity contribution in [2.45, 2.75) is 72.1 Å². The van der Waals surface area contributed by atoms with Crippen LogP contribution in [-0.4, -0.2) is 5.78 Å². The van der Waals surface area contributed by atoms with Crippen LogP contribution in [0, 0.1) is 0 Å². The molecule has 0 aromatic heterocycles. The van der Waals surface area contributed by atoms with Crippen molar-refractivity contribution in [1.82, 2.24) is 0 Å². The second-order valence-electron chi connectivity index (χ2n) is 4.34. The van der Waals surface area contributed by atoms with Gasteiger partial charge < -0.3 is 0 Å². The van der Waals surface area contributed by atoms with E-state index in [1.807, 2.05) is 0 Å². The number of carbonyl (C=O) groups is 1. The average Bonchev–Trinajstić information content (AvgIpc) is 2.19. The second kappa shape index (κ2) is 9.95. The molecule has 0 saturated carbocycles. The molecule has 0 aliphatic carbocycles. The fourth-order valence-corrected chi connectivity index (χ4v) is 1.69. The van der Waals surface area contributed by atoms with E-state index >= 15 is 0 Å². The predicted octanol–water partition coefficient (Wildman–Crippen LogP) is 4.66. The van der Waals surface area contributed by atoms with Gasteiger partial charge in [0.15, 0.2) is 0 Å². The summed E-state index contributed by atoms with van der Waals surface area (Å²) in [6.07, 6.45) is 11.5. The van der Waals surface area contributed by atoms with Gasteiger partial charge in [-0.15, -0.1) is 0 Å². The Hall–Kier alpha value is -0.590. The van der Waals surface area contributed by atoms with Crippen LogP contribution in [0.3, 0.4) is 0 Å². The molecule has 0 unspecified atom stereocenters. The Labute approximate surface area is 95.0 Å². The third kappa shape index (κ3) is 9.71. The van der Waals surface area contributed by atoms with Gasteiger partial charge in [0.05, 0.1) is 0 Å². The van der Waals surface area contributed by atoms with E-state index in [-0.39, 0.29) is 0 Å². The van der Waals surface area contributed by atoms with Crippen LogP contribution in [0.4, 0.5) is 0 Å². The van der Waals surface area contributed by atoms with Gasteiger partial charge in [-0.1, -0.05) is 44.8 Å². The molecule has 0 aromatic carbocycles. The molecular formula is C14H26O. The van der Waals surface area contributed by atoms with E-state index in [4.69, 9.17) is 0 Å². The number of ketones is 1. The Bertz CT molecular complexity index is 192. The lowest BCUT2D eigenvalue weighted by Crippen LogP contribution is -1.94. The minimum Gasteiger partial charge on any atom is -0.300 e. The van der Waals surface area contributed by atoms with Crippen molar-refractivity contribution in [2.24, 2.45) is 0 Å². The number of carbonyl (C=O) groups excluding carboxylic acids is 1. The van der Waals surface area contributed by atoms with Gasteiger partial charge in [-0.2, -0.15) is 0 Å². The van der Waals surface area contributed by atoms with E-state index in [2.05, 4.69) is 19.9 Å². The predicted molar refractivity (Wildman–Crippen MR) is 67.0 cm³/mol. The van der Waals surface area contributed by atoms with Crippen LogP contribution in [0.5, 0.6) is 0 Å². The van der Waals surface area contributed by atoms with Gasteiger partial charge >= 0.3 is 0 Å². The highest BCUT2D eigenvalue weighted by Gasteiger charge is 2.00. The molecule has 0 aromatic rings. The molecule has 15 heavy (non-hydrogen) atoms. The lowest BCUT2D eigenvalue weighted by atomic mass is 10.0. The first-order valence-electron chi connectivity index (χ1n) is 6.38. The Balaban J connectivity index is 3.91. The molecule has 0 rings (SSSR count). The van der Waals surface area contributed by atoms with Crippen LogP contribution in [0.25, 0.3) is 0 Å². The zero-order chi connectivity index (χ0) is 11.5. The van der Waals surface area contributed by atoms with E-state index in [0.717, 1.165) is 12.8 Å². The first-order chi connectivity index (χ1) is 7.20. The Morgan fingerprint density at radius 2 is 1.73 bits per heavy atom. The number of rotatable bonds is 9. The molecule has 1 nitrogen and oxygen atoms in total. The van der Waals surface area contributed by atoms with Gasteiger partial charge in [-0.3, -0.25) is 4.79 Å². The maximum Gasteiger partial charge on any atom is 0.133 e. The molecule has 0 fully saturated rings. The topological polar surface area (TPSA) is 17.1 Å². The van der Waals surface area contributed by atoms with Gasteiger partial charge in [-0.05, 0) is 32.6 Å². The summed E-state index contributed by atoms with van der Waals surface area (Å²) >= 11 is 0. The third-order valence-corrected chi connectivity index (χ3v) is 2.57. The summed E-state index contributed by atoms with van der Waals surface area (Å²) in [4.78, 5) is 11.1. The van der Waals surface area contributed by atoms with Gasteiger partial charge in [0.2, 0.25) is 0 Å². The standard InChI is InChI=1S/C14H26O/c1-4-6-8-9-11-14(10-7-5-2)12-13(3)15/h11H,4-10,12H2,1-3H3/b14-11+. The summed E-state index contributed by atoms with van der Waals surface area (Å²) < 4.78 is 0. The molecule has 0 N–H and O–H groups in total. The average molecular weight is 210 g/mol. The molecule has 0 amide bonds. The molecule has 0 aliphatic rings. The summed E-state index contributed by atoms with van der Waals surface area (Å²) in [5, 5.41) is 0. The minimum absolute atomic E-state index is 0.299. The van der Waals surface area contributed by atoms with Crippen LogP contribution in [0.1, 0.15) is 72.1 Å². The first-order valence-corrected chi connectivity index (χ1v) is 6.38. The molecule has 0 radical (unpaired) electrons. The summed E-state index contributed by atoms with van der Waals surface area (Å²) in [5.74, 6) is 0.299. The molecule has 0 bridgehead atoms. The van der Waals surface area contributed by atoms with Gasteiger partial charge in [-0.25, -0.2) is 0 Å². The largest absolute Gasteiger partial charge is 0.300 e. The summed E-state index contributed by atoms with van der Waals surface area (Å²) in [6, 6.07) is 0. The van der Waals surface area contributed by atoms with Gasteiger partial charge in [0, 0.05) is 6.42 Å². The zero-order valence-electron chi connectivity index (χ0n) is 10.6. The highest BCUT2D eigenvalue weighted by molar-refractivity contribution is 5.78. The van der Waals surface area contributed by atoms with Crippen molar-refractivity contribution in [2.75, 3.05) is 0 Å². The van der Waals surface area contributed by atoms with Crippen molar-refractivity contribution in [3.8, 4) is 0 Å². The summed E-state index contributed by atoms with van der Waals surface area (Å²) in [5.41, 5.74) is 1.36. The molecule has 0 aliphatic heterocycles. The molecule has 88 valence electrons. The SMILES string of the molecule is CCCCC/C=C(\CCCC)CC(C)=O. The minimum atomic E-state index is 0.299. The zero-order valence-corrected chi connectivity index (χ0v) is 10.6. The highest BCUT2D eigenvalue weighted by Crippen LogP contribution is 2.14. The van der Waals surface area contributed by atoms with Crippen LogP contribution in [-0.2, 0) is 4.79 Å². The Morgan fingerprint density at radius 3 is 2.27 bits per heavy atom. The van der Waals surface area contributed by atoms with Gasteiger partial charge in [0.25, 0.3) is 0 Å². The van der Waals surface area contributed by atoms with Gasteiger partial charge in [0.1, 0.15) is 5.78 Å². The van der Waals surface area contributed by atoms with Crippen molar-refractivity contribution in [3.05, 3.63) is 11.6 Å². The van der Waals surface area contributed by atoms with E-state index in [9.17, 15) is 4.79 Å². The Morgan fingerprint density at radius 1 is 1.07 bits per heavy atom. The lowest BCUT2D eigenvalue weighted by molar-refractivity contribution is -0.116. The van der Waals surface area contributed by atoms with Crippen LogP contribution in [0.15, 0.2) is 11.6 Å². The normalized spacial score (nSPS) is 11.8. The lowest BCUT2D eigenvalue weighted by Gasteiger charge is -2.04. The maximum absolute atomic E-state index is 11.1. The number of hydrogen-bond donors (Lipinski definition) is 0. The van der Waals surface area contributed by atoms with E-state index in [0.29, 0.717) is 12.2 Å². The van der Waals surface area contributed by atoms with Crippen molar-refractivity contribution in [3.63, 3.8) is 0 Å². The quantitative estimate of drug-likeness (QED) is 0.399. The fourth-order valence-electron chi connectivity index (χ4n) is 1.69. The molecule has 0 heterocycles. The Kier molecular flexibility index (Phi) is 9.55. The fraction of sp³-hybridized carbons (Fsp3) is 0.786. The van der Waals surface area contributed by atoms with Crippen molar-refractivity contribution >= 4 is 5.78 Å².